The molecule has 0 spiro atoms. The maximum Gasteiger partial charge on any atom is 0.314 e. The van der Waals surface area contributed by atoms with Gasteiger partial charge in [-0.15, -0.1) is 0 Å². The molecule has 1 heterocycles. The summed E-state index contributed by atoms with van der Waals surface area (Å²) in [6, 6.07) is 10.1. The summed E-state index contributed by atoms with van der Waals surface area (Å²) >= 11 is 0. The summed E-state index contributed by atoms with van der Waals surface area (Å²) in [7, 11) is 1.44. The molecule has 1 N–H and O–H groups in total. The van der Waals surface area contributed by atoms with E-state index in [2.05, 4.69) is 12.2 Å². The molecule has 1 aromatic carbocycles. The average Bonchev–Trinajstić information content (AvgIpc) is 3.02. The topological polar surface area (TPSA) is 47.6 Å². The van der Waals surface area contributed by atoms with Crippen LogP contribution in [0.2, 0.25) is 0 Å². The average molecular weight is 277 g/mol. The van der Waals surface area contributed by atoms with Crippen LogP contribution in [0.25, 0.3) is 0 Å². The van der Waals surface area contributed by atoms with Crippen molar-refractivity contribution in [3.8, 4) is 0 Å². The van der Waals surface area contributed by atoms with Gasteiger partial charge in [-0.3, -0.25) is 4.79 Å². The molecule has 1 aliphatic heterocycles. The fourth-order valence-corrected chi connectivity index (χ4v) is 2.58. The molecule has 0 bridgehead atoms. The minimum absolute atomic E-state index is 0.196. The van der Waals surface area contributed by atoms with Crippen LogP contribution in [0.4, 0.5) is 0 Å². The second-order valence-corrected chi connectivity index (χ2v) is 5.31. The Bertz CT molecular complexity index is 415. The lowest BCUT2D eigenvalue weighted by atomic mass is 9.96. The number of carbonyl (C=O) groups is 1. The largest absolute Gasteiger partial charge is 0.469 e. The zero-order valence-corrected chi connectivity index (χ0v) is 12.2. The maximum absolute atomic E-state index is 12.0. The van der Waals surface area contributed by atoms with E-state index in [0.717, 1.165) is 25.2 Å². The van der Waals surface area contributed by atoms with Gasteiger partial charge in [0.05, 0.1) is 19.6 Å². The maximum atomic E-state index is 12.0. The van der Waals surface area contributed by atoms with Gasteiger partial charge in [0.15, 0.2) is 0 Å². The third kappa shape index (κ3) is 3.81. The molecule has 4 nitrogen and oxygen atoms in total. The molecule has 110 valence electrons. The van der Waals surface area contributed by atoms with Crippen molar-refractivity contribution < 1.29 is 14.3 Å². The fraction of sp³-hybridized carbons (Fsp3) is 0.562. The lowest BCUT2D eigenvalue weighted by molar-refractivity contribution is -0.142. The Balaban J connectivity index is 1.96. The van der Waals surface area contributed by atoms with E-state index in [1.807, 2.05) is 30.3 Å². The molecular formula is C16H23NO3. The van der Waals surface area contributed by atoms with E-state index in [4.69, 9.17) is 9.47 Å². The van der Waals surface area contributed by atoms with E-state index in [1.165, 1.54) is 7.11 Å². The molecule has 1 aromatic rings. The van der Waals surface area contributed by atoms with Gasteiger partial charge in [-0.05, 0) is 24.8 Å². The quantitative estimate of drug-likeness (QED) is 0.808. The van der Waals surface area contributed by atoms with E-state index in [1.54, 1.807) is 0 Å². The number of hydrogen-bond donors (Lipinski definition) is 1. The Labute approximate surface area is 120 Å². The van der Waals surface area contributed by atoms with Crippen LogP contribution in [0, 0.1) is 5.92 Å². The van der Waals surface area contributed by atoms with Crippen molar-refractivity contribution in [2.45, 2.75) is 25.3 Å². The number of esters is 1. The summed E-state index contributed by atoms with van der Waals surface area (Å²) in [4.78, 5) is 12.0. The third-order valence-electron chi connectivity index (χ3n) is 4.00. The van der Waals surface area contributed by atoms with Crippen LogP contribution in [0.15, 0.2) is 30.3 Å². The van der Waals surface area contributed by atoms with Crippen molar-refractivity contribution in [2.24, 2.45) is 5.92 Å². The number of methoxy groups -OCH3 is 1. The van der Waals surface area contributed by atoms with Gasteiger partial charge in [-0.1, -0.05) is 30.3 Å². The van der Waals surface area contributed by atoms with Gasteiger partial charge in [0.2, 0.25) is 0 Å². The van der Waals surface area contributed by atoms with Crippen LogP contribution in [-0.2, 0) is 14.3 Å². The van der Waals surface area contributed by atoms with Crippen LogP contribution < -0.4 is 5.32 Å². The first kappa shape index (κ1) is 15.0. The van der Waals surface area contributed by atoms with Gasteiger partial charge < -0.3 is 14.8 Å². The van der Waals surface area contributed by atoms with Gasteiger partial charge in [-0.2, -0.15) is 0 Å². The summed E-state index contributed by atoms with van der Waals surface area (Å²) in [5.74, 6) is 0.0774. The first-order valence-electron chi connectivity index (χ1n) is 7.16. The van der Waals surface area contributed by atoms with Crippen molar-refractivity contribution in [2.75, 3.05) is 26.9 Å². The van der Waals surface area contributed by atoms with E-state index in [0.29, 0.717) is 18.5 Å². The number of nitrogens with one attached hydrogen (secondary N) is 1. The smallest absolute Gasteiger partial charge is 0.314 e. The molecule has 0 amide bonds. The second-order valence-electron chi connectivity index (χ2n) is 5.31. The number of carbonyl (C=O) groups excluding carboxylic acids is 1. The Morgan fingerprint density at radius 1 is 1.45 bits per heavy atom. The Morgan fingerprint density at radius 3 is 2.80 bits per heavy atom. The molecule has 4 heteroatoms. The number of rotatable bonds is 6. The zero-order valence-electron chi connectivity index (χ0n) is 12.2. The van der Waals surface area contributed by atoms with Crippen molar-refractivity contribution in [1.29, 1.82) is 0 Å². The summed E-state index contributed by atoms with van der Waals surface area (Å²) in [6.45, 7) is 4.39. The minimum atomic E-state index is -0.258. The Hall–Kier alpha value is -1.39. The van der Waals surface area contributed by atoms with Crippen molar-refractivity contribution in [1.82, 2.24) is 5.32 Å². The van der Waals surface area contributed by atoms with Gasteiger partial charge in [0.25, 0.3) is 0 Å². The predicted octanol–water partition coefficient (Wildman–Crippen LogP) is 1.96. The first-order valence-corrected chi connectivity index (χ1v) is 7.16. The van der Waals surface area contributed by atoms with Crippen LogP contribution >= 0.6 is 0 Å². The molecule has 1 fully saturated rings. The van der Waals surface area contributed by atoms with Crippen molar-refractivity contribution >= 4 is 5.97 Å². The highest BCUT2D eigenvalue weighted by atomic mass is 16.5. The summed E-state index contributed by atoms with van der Waals surface area (Å²) < 4.78 is 10.3. The van der Waals surface area contributed by atoms with Crippen LogP contribution in [-0.4, -0.2) is 38.9 Å². The number of ether oxygens (including phenoxy) is 2. The zero-order chi connectivity index (χ0) is 14.4. The molecule has 3 unspecified atom stereocenters. The first-order chi connectivity index (χ1) is 9.72. The van der Waals surface area contributed by atoms with E-state index in [9.17, 15) is 4.79 Å². The molecule has 3 atom stereocenters. The van der Waals surface area contributed by atoms with Crippen LogP contribution in [0.5, 0.6) is 0 Å². The third-order valence-corrected chi connectivity index (χ3v) is 4.00. The molecule has 1 saturated heterocycles. The molecule has 0 aliphatic carbocycles. The monoisotopic (exact) mass is 277 g/mol. The highest BCUT2D eigenvalue weighted by Gasteiger charge is 2.25. The van der Waals surface area contributed by atoms with Crippen LogP contribution in [0.3, 0.4) is 0 Å². The highest BCUT2D eigenvalue weighted by Crippen LogP contribution is 2.19. The summed E-state index contributed by atoms with van der Waals surface area (Å²) in [6.07, 6.45) is 1.09. The lowest BCUT2D eigenvalue weighted by Crippen LogP contribution is -2.38. The predicted molar refractivity (Wildman–Crippen MR) is 77.6 cm³/mol. The van der Waals surface area contributed by atoms with E-state index in [-0.39, 0.29) is 11.9 Å². The van der Waals surface area contributed by atoms with Gasteiger partial charge in [0, 0.05) is 19.2 Å². The van der Waals surface area contributed by atoms with E-state index < -0.39 is 0 Å². The van der Waals surface area contributed by atoms with Gasteiger partial charge in [0.1, 0.15) is 0 Å². The number of hydrogen-bond acceptors (Lipinski definition) is 4. The minimum Gasteiger partial charge on any atom is -0.469 e. The van der Waals surface area contributed by atoms with E-state index >= 15 is 0 Å². The molecule has 0 saturated carbocycles. The second kappa shape index (κ2) is 7.41. The van der Waals surface area contributed by atoms with Gasteiger partial charge >= 0.3 is 5.97 Å². The highest BCUT2D eigenvalue weighted by molar-refractivity contribution is 5.78. The standard InChI is InChI=1S/C16H23NO3/c1-12(14-8-9-20-11-14)17-10-15(16(18)19-2)13-6-4-3-5-7-13/h3-7,12,14-15,17H,8-11H2,1-2H3. The number of benzene rings is 1. The Kier molecular flexibility index (Phi) is 5.56. The van der Waals surface area contributed by atoms with Crippen molar-refractivity contribution in [3.63, 3.8) is 0 Å². The SMILES string of the molecule is COC(=O)C(CNC(C)C1CCOC1)c1ccccc1. The van der Waals surface area contributed by atoms with Crippen LogP contribution in [0.1, 0.15) is 24.8 Å². The fourth-order valence-electron chi connectivity index (χ4n) is 2.58. The summed E-state index contributed by atoms with van der Waals surface area (Å²) in [5, 5.41) is 3.46. The van der Waals surface area contributed by atoms with Crippen molar-refractivity contribution in [3.05, 3.63) is 35.9 Å². The molecule has 0 aromatic heterocycles. The normalized spacial score (nSPS) is 21.4. The molecular weight excluding hydrogens is 254 g/mol. The molecule has 0 radical (unpaired) electrons. The lowest BCUT2D eigenvalue weighted by Gasteiger charge is -2.22. The van der Waals surface area contributed by atoms with Gasteiger partial charge in [-0.25, -0.2) is 0 Å². The Morgan fingerprint density at radius 2 is 2.20 bits per heavy atom. The summed E-state index contributed by atoms with van der Waals surface area (Å²) in [5.41, 5.74) is 0.988. The molecule has 1 aliphatic rings. The molecule has 2 rings (SSSR count). The molecule has 20 heavy (non-hydrogen) atoms.